The summed E-state index contributed by atoms with van der Waals surface area (Å²) in [6.45, 7) is 1.85. The number of benzene rings is 2. The van der Waals surface area contributed by atoms with Crippen molar-refractivity contribution in [1.82, 2.24) is 5.43 Å². The van der Waals surface area contributed by atoms with E-state index in [1.54, 1.807) is 12.1 Å². The second-order valence-electron chi connectivity index (χ2n) is 5.09. The standard InChI is InChI=1S/C17H14F3N3O2/c1-11-5-2-3-6-12(11)10-21-23-16(25)15(24)22-14-8-4-7-13(9-14)17(18,19)20/h2-10H,1H3,(H,22,24)(H,23,25)/b21-10-. The van der Waals surface area contributed by atoms with Crippen molar-refractivity contribution in [3.63, 3.8) is 0 Å². The molecule has 0 aromatic heterocycles. The van der Waals surface area contributed by atoms with Gasteiger partial charge in [0.05, 0.1) is 11.8 Å². The highest BCUT2D eigenvalue weighted by Crippen LogP contribution is 2.30. The lowest BCUT2D eigenvalue weighted by Crippen LogP contribution is -2.32. The first-order chi connectivity index (χ1) is 11.8. The lowest BCUT2D eigenvalue weighted by Gasteiger charge is -2.09. The van der Waals surface area contributed by atoms with Gasteiger partial charge >= 0.3 is 18.0 Å². The maximum atomic E-state index is 12.6. The van der Waals surface area contributed by atoms with Crippen molar-refractivity contribution in [1.29, 1.82) is 0 Å². The summed E-state index contributed by atoms with van der Waals surface area (Å²) in [5.74, 6) is -2.22. The maximum Gasteiger partial charge on any atom is 0.416 e. The van der Waals surface area contributed by atoms with Crippen molar-refractivity contribution in [2.75, 3.05) is 5.32 Å². The number of nitrogens with zero attached hydrogens (tertiary/aromatic N) is 1. The van der Waals surface area contributed by atoms with E-state index in [1.165, 1.54) is 12.3 Å². The molecule has 130 valence electrons. The molecule has 0 saturated carbocycles. The van der Waals surface area contributed by atoms with Crippen molar-refractivity contribution >= 4 is 23.7 Å². The summed E-state index contributed by atoms with van der Waals surface area (Å²) < 4.78 is 37.8. The van der Waals surface area contributed by atoms with Gasteiger partial charge in [-0.2, -0.15) is 18.3 Å². The molecule has 2 aromatic rings. The van der Waals surface area contributed by atoms with E-state index in [-0.39, 0.29) is 5.69 Å². The van der Waals surface area contributed by atoms with Crippen LogP contribution < -0.4 is 10.7 Å². The number of anilines is 1. The Morgan fingerprint density at radius 1 is 1.04 bits per heavy atom. The van der Waals surface area contributed by atoms with Gasteiger partial charge in [0.1, 0.15) is 0 Å². The highest BCUT2D eigenvalue weighted by atomic mass is 19.4. The first-order valence-electron chi connectivity index (χ1n) is 7.14. The molecule has 2 aromatic carbocycles. The van der Waals surface area contributed by atoms with E-state index < -0.39 is 23.6 Å². The number of hydrazone groups is 1. The molecule has 25 heavy (non-hydrogen) atoms. The summed E-state index contributed by atoms with van der Waals surface area (Å²) >= 11 is 0. The number of halogens is 3. The van der Waals surface area contributed by atoms with Crippen molar-refractivity contribution in [3.8, 4) is 0 Å². The Kier molecular flexibility index (Phi) is 5.53. The van der Waals surface area contributed by atoms with Crippen LogP contribution in [0, 0.1) is 6.92 Å². The van der Waals surface area contributed by atoms with Crippen molar-refractivity contribution in [2.45, 2.75) is 13.1 Å². The van der Waals surface area contributed by atoms with Crippen LogP contribution in [0.5, 0.6) is 0 Å². The second-order valence-corrected chi connectivity index (χ2v) is 5.09. The summed E-state index contributed by atoms with van der Waals surface area (Å²) in [6.07, 6.45) is -3.17. The Hall–Kier alpha value is -3.16. The van der Waals surface area contributed by atoms with Crippen LogP contribution in [0.15, 0.2) is 53.6 Å². The van der Waals surface area contributed by atoms with E-state index in [0.717, 1.165) is 29.3 Å². The molecule has 5 nitrogen and oxygen atoms in total. The molecule has 2 rings (SSSR count). The Morgan fingerprint density at radius 3 is 2.44 bits per heavy atom. The molecule has 8 heteroatoms. The average Bonchev–Trinajstić information content (AvgIpc) is 2.56. The summed E-state index contributed by atoms with van der Waals surface area (Å²) in [4.78, 5) is 23.3. The zero-order chi connectivity index (χ0) is 18.4. The van der Waals surface area contributed by atoms with Crippen LogP contribution in [0.2, 0.25) is 0 Å². The fourth-order valence-electron chi connectivity index (χ4n) is 1.90. The van der Waals surface area contributed by atoms with Crippen LogP contribution in [-0.4, -0.2) is 18.0 Å². The summed E-state index contributed by atoms with van der Waals surface area (Å²) in [7, 11) is 0. The highest BCUT2D eigenvalue weighted by molar-refractivity contribution is 6.39. The van der Waals surface area contributed by atoms with Crippen molar-refractivity contribution < 1.29 is 22.8 Å². The van der Waals surface area contributed by atoms with E-state index in [4.69, 9.17) is 0 Å². The fourth-order valence-corrected chi connectivity index (χ4v) is 1.90. The van der Waals surface area contributed by atoms with Crippen LogP contribution in [0.1, 0.15) is 16.7 Å². The van der Waals surface area contributed by atoms with Gasteiger partial charge in [-0.1, -0.05) is 30.3 Å². The molecular weight excluding hydrogens is 335 g/mol. The van der Waals surface area contributed by atoms with Gasteiger partial charge in [-0.25, -0.2) is 5.43 Å². The molecular formula is C17H14F3N3O2. The lowest BCUT2D eigenvalue weighted by molar-refractivity contribution is -0.137. The molecule has 2 amide bonds. The highest BCUT2D eigenvalue weighted by Gasteiger charge is 2.30. The van der Waals surface area contributed by atoms with E-state index in [0.29, 0.717) is 0 Å². The SMILES string of the molecule is Cc1ccccc1/C=N\NC(=O)C(=O)Nc1cccc(C(F)(F)F)c1. The molecule has 0 aliphatic rings. The van der Waals surface area contributed by atoms with E-state index >= 15 is 0 Å². The van der Waals surface area contributed by atoms with Crippen molar-refractivity contribution in [2.24, 2.45) is 5.10 Å². The number of rotatable bonds is 3. The van der Waals surface area contributed by atoms with Gasteiger partial charge in [-0.05, 0) is 36.2 Å². The molecule has 0 radical (unpaired) electrons. The zero-order valence-corrected chi connectivity index (χ0v) is 13.1. The molecule has 0 aliphatic heterocycles. The normalized spacial score (nSPS) is 11.4. The van der Waals surface area contributed by atoms with Gasteiger partial charge in [0, 0.05) is 5.69 Å². The van der Waals surface area contributed by atoms with Gasteiger partial charge in [0.2, 0.25) is 0 Å². The number of hydrogen-bond donors (Lipinski definition) is 2. The first-order valence-corrected chi connectivity index (χ1v) is 7.14. The van der Waals surface area contributed by atoms with E-state index in [9.17, 15) is 22.8 Å². The van der Waals surface area contributed by atoms with Crippen LogP contribution in [0.3, 0.4) is 0 Å². The maximum absolute atomic E-state index is 12.6. The van der Waals surface area contributed by atoms with Gasteiger partial charge in [-0.3, -0.25) is 9.59 Å². The van der Waals surface area contributed by atoms with Gasteiger partial charge < -0.3 is 5.32 Å². The third-order valence-corrected chi connectivity index (χ3v) is 3.21. The van der Waals surface area contributed by atoms with Crippen LogP contribution >= 0.6 is 0 Å². The Labute approximate surface area is 141 Å². The molecule has 0 saturated heterocycles. The fraction of sp³-hybridized carbons (Fsp3) is 0.118. The molecule has 0 fully saturated rings. The molecule has 0 aliphatic carbocycles. The summed E-state index contributed by atoms with van der Waals surface area (Å²) in [5.41, 5.74) is 2.63. The number of nitrogens with one attached hydrogen (secondary N) is 2. The Bertz CT molecular complexity index is 817. The second kappa shape index (κ2) is 7.61. The summed E-state index contributed by atoms with van der Waals surface area (Å²) in [6, 6.07) is 11.2. The minimum atomic E-state index is -4.54. The number of aryl methyl sites for hydroxylation is 1. The van der Waals surface area contributed by atoms with Crippen LogP contribution in [0.25, 0.3) is 0 Å². The van der Waals surface area contributed by atoms with Gasteiger partial charge in [-0.15, -0.1) is 0 Å². The van der Waals surface area contributed by atoms with Crippen molar-refractivity contribution in [3.05, 3.63) is 65.2 Å². The van der Waals surface area contributed by atoms with Gasteiger partial charge in [0.15, 0.2) is 0 Å². The largest absolute Gasteiger partial charge is 0.416 e. The molecule has 0 heterocycles. The molecule has 0 bridgehead atoms. The monoisotopic (exact) mass is 349 g/mol. The average molecular weight is 349 g/mol. The third kappa shape index (κ3) is 5.17. The Balaban J connectivity index is 1.97. The molecule has 0 unspecified atom stereocenters. The number of carbonyl (C=O) groups is 2. The topological polar surface area (TPSA) is 70.6 Å². The Morgan fingerprint density at radius 2 is 1.76 bits per heavy atom. The number of hydrogen-bond acceptors (Lipinski definition) is 3. The minimum absolute atomic E-state index is 0.141. The minimum Gasteiger partial charge on any atom is -0.318 e. The third-order valence-electron chi connectivity index (χ3n) is 3.21. The molecule has 0 spiro atoms. The predicted molar refractivity (Wildman–Crippen MR) is 87.0 cm³/mol. The van der Waals surface area contributed by atoms with E-state index in [2.05, 4.69) is 10.4 Å². The number of alkyl halides is 3. The number of carbonyl (C=O) groups excluding carboxylic acids is 2. The number of amides is 2. The molecule has 2 N–H and O–H groups in total. The van der Waals surface area contributed by atoms with Crippen LogP contribution in [0.4, 0.5) is 18.9 Å². The first kappa shape index (κ1) is 18.2. The summed E-state index contributed by atoms with van der Waals surface area (Å²) in [5, 5.41) is 5.75. The zero-order valence-electron chi connectivity index (χ0n) is 13.1. The smallest absolute Gasteiger partial charge is 0.318 e. The quantitative estimate of drug-likeness (QED) is 0.508. The molecule has 0 atom stereocenters. The van der Waals surface area contributed by atoms with Gasteiger partial charge in [0.25, 0.3) is 0 Å². The van der Waals surface area contributed by atoms with E-state index in [1.807, 2.05) is 24.5 Å². The lowest BCUT2D eigenvalue weighted by atomic mass is 10.1. The predicted octanol–water partition coefficient (Wildman–Crippen LogP) is 3.10. The van der Waals surface area contributed by atoms with Crippen LogP contribution in [-0.2, 0) is 15.8 Å².